The van der Waals surface area contributed by atoms with E-state index >= 15 is 0 Å². The molecule has 1 aromatic heterocycles. The first-order chi connectivity index (χ1) is 11.7. The molecule has 0 atom stereocenters. The van der Waals surface area contributed by atoms with Crippen LogP contribution in [0.5, 0.6) is 5.75 Å². The van der Waals surface area contributed by atoms with E-state index in [0.29, 0.717) is 5.82 Å². The van der Waals surface area contributed by atoms with Gasteiger partial charge in [0.25, 0.3) is 0 Å². The van der Waals surface area contributed by atoms with Crippen LogP contribution in [-0.2, 0) is 6.42 Å². The maximum absolute atomic E-state index is 12.1. The van der Waals surface area contributed by atoms with E-state index in [-0.39, 0.29) is 5.75 Å². The Morgan fingerprint density at radius 2 is 1.54 bits per heavy atom. The third-order valence-corrected chi connectivity index (χ3v) is 3.86. The molecule has 0 unspecified atom stereocenters. The molecule has 0 amide bonds. The monoisotopic (exact) mass is 334 g/mol. The Kier molecular flexibility index (Phi) is 7.59. The molecule has 0 fully saturated rings. The summed E-state index contributed by atoms with van der Waals surface area (Å²) >= 11 is 0. The second-order valence-electron chi connectivity index (χ2n) is 5.84. The smallest absolute Gasteiger partial charge is 0.387 e. The van der Waals surface area contributed by atoms with Gasteiger partial charge < -0.3 is 4.74 Å². The van der Waals surface area contributed by atoms with Crippen molar-refractivity contribution in [3.05, 3.63) is 42.2 Å². The van der Waals surface area contributed by atoms with Crippen molar-refractivity contribution in [3.8, 4) is 17.1 Å². The highest BCUT2D eigenvalue weighted by Gasteiger charge is 2.06. The first-order valence-electron chi connectivity index (χ1n) is 8.55. The van der Waals surface area contributed by atoms with E-state index in [1.165, 1.54) is 44.2 Å². The van der Waals surface area contributed by atoms with Gasteiger partial charge in [-0.1, -0.05) is 39.0 Å². The molecular weight excluding hydrogens is 310 g/mol. The van der Waals surface area contributed by atoms with Crippen molar-refractivity contribution >= 4 is 0 Å². The van der Waals surface area contributed by atoms with Crippen LogP contribution in [0.3, 0.4) is 0 Å². The summed E-state index contributed by atoms with van der Waals surface area (Å²) in [5, 5.41) is 0. The van der Waals surface area contributed by atoms with Gasteiger partial charge in [0.05, 0.1) is 0 Å². The molecule has 0 aliphatic rings. The van der Waals surface area contributed by atoms with Crippen molar-refractivity contribution in [1.82, 2.24) is 9.97 Å². The van der Waals surface area contributed by atoms with Crippen LogP contribution in [0.4, 0.5) is 8.78 Å². The van der Waals surface area contributed by atoms with Crippen LogP contribution in [0.15, 0.2) is 36.7 Å². The Bertz CT molecular complexity index is 585. The molecule has 3 nitrogen and oxygen atoms in total. The third-order valence-electron chi connectivity index (χ3n) is 3.86. The van der Waals surface area contributed by atoms with Crippen molar-refractivity contribution in [2.75, 3.05) is 0 Å². The van der Waals surface area contributed by atoms with Crippen LogP contribution in [0.1, 0.15) is 51.0 Å². The molecular formula is C19H24F2N2O. The van der Waals surface area contributed by atoms with Crippen LogP contribution < -0.4 is 4.74 Å². The van der Waals surface area contributed by atoms with Crippen molar-refractivity contribution in [3.63, 3.8) is 0 Å². The summed E-state index contributed by atoms with van der Waals surface area (Å²) in [6.07, 6.45) is 12.3. The predicted octanol–water partition coefficient (Wildman–Crippen LogP) is 5.65. The van der Waals surface area contributed by atoms with E-state index in [0.717, 1.165) is 24.0 Å². The van der Waals surface area contributed by atoms with Gasteiger partial charge in [-0.3, -0.25) is 0 Å². The van der Waals surface area contributed by atoms with Gasteiger partial charge in [0.15, 0.2) is 5.82 Å². The highest BCUT2D eigenvalue weighted by atomic mass is 19.3. The Morgan fingerprint density at radius 3 is 2.17 bits per heavy atom. The minimum absolute atomic E-state index is 0.133. The van der Waals surface area contributed by atoms with Gasteiger partial charge in [0, 0.05) is 18.0 Å². The van der Waals surface area contributed by atoms with E-state index in [9.17, 15) is 8.78 Å². The average Bonchev–Trinajstić information content (AvgIpc) is 2.59. The molecule has 24 heavy (non-hydrogen) atoms. The fraction of sp³-hybridized carbons (Fsp3) is 0.474. The normalized spacial score (nSPS) is 11.0. The number of rotatable bonds is 10. The zero-order chi connectivity index (χ0) is 17.2. The van der Waals surface area contributed by atoms with Crippen LogP contribution in [-0.4, -0.2) is 16.6 Å². The molecule has 0 bridgehead atoms. The molecule has 0 N–H and O–H groups in total. The fourth-order valence-corrected chi connectivity index (χ4v) is 2.53. The van der Waals surface area contributed by atoms with E-state index in [1.807, 2.05) is 12.4 Å². The number of benzene rings is 1. The topological polar surface area (TPSA) is 35.0 Å². The second-order valence-corrected chi connectivity index (χ2v) is 5.84. The largest absolute Gasteiger partial charge is 0.435 e. The third kappa shape index (κ3) is 6.22. The van der Waals surface area contributed by atoms with Gasteiger partial charge in [-0.15, -0.1) is 0 Å². The van der Waals surface area contributed by atoms with Crippen LogP contribution in [0.25, 0.3) is 11.4 Å². The van der Waals surface area contributed by atoms with Gasteiger partial charge >= 0.3 is 6.61 Å². The Balaban J connectivity index is 1.83. The van der Waals surface area contributed by atoms with Crippen molar-refractivity contribution in [2.24, 2.45) is 0 Å². The van der Waals surface area contributed by atoms with Crippen LogP contribution in [0, 0.1) is 0 Å². The number of aryl methyl sites for hydroxylation is 1. The molecule has 2 aromatic rings. The number of unbranched alkanes of at least 4 members (excludes halogenated alkanes) is 5. The number of aromatic nitrogens is 2. The molecule has 0 radical (unpaired) electrons. The molecule has 1 aromatic carbocycles. The lowest BCUT2D eigenvalue weighted by Crippen LogP contribution is -2.01. The number of hydrogen-bond acceptors (Lipinski definition) is 3. The second kappa shape index (κ2) is 9.96. The molecule has 0 aliphatic carbocycles. The molecule has 1 heterocycles. The highest BCUT2D eigenvalue weighted by molar-refractivity contribution is 5.55. The van der Waals surface area contributed by atoms with E-state index < -0.39 is 6.61 Å². The Hall–Kier alpha value is -2.04. The molecule has 0 aliphatic heterocycles. The van der Waals surface area contributed by atoms with E-state index in [4.69, 9.17) is 0 Å². The molecule has 0 spiro atoms. The molecule has 0 saturated heterocycles. The number of ether oxygens (including phenoxy) is 1. The SMILES string of the molecule is CCCCCCCCc1cnc(-c2ccc(OC(F)F)cc2)nc1. The minimum Gasteiger partial charge on any atom is -0.435 e. The van der Waals surface area contributed by atoms with Crippen molar-refractivity contribution in [2.45, 2.75) is 58.5 Å². The first-order valence-corrected chi connectivity index (χ1v) is 8.55. The maximum atomic E-state index is 12.1. The molecule has 5 heteroatoms. The lowest BCUT2D eigenvalue weighted by Gasteiger charge is -2.06. The highest BCUT2D eigenvalue weighted by Crippen LogP contribution is 2.20. The minimum atomic E-state index is -2.81. The molecule has 0 saturated carbocycles. The van der Waals surface area contributed by atoms with E-state index in [2.05, 4.69) is 21.6 Å². The number of halogens is 2. The van der Waals surface area contributed by atoms with Crippen molar-refractivity contribution < 1.29 is 13.5 Å². The fourth-order valence-electron chi connectivity index (χ4n) is 2.53. The lowest BCUT2D eigenvalue weighted by atomic mass is 10.1. The van der Waals surface area contributed by atoms with Crippen LogP contribution in [0.2, 0.25) is 0 Å². The summed E-state index contributed by atoms with van der Waals surface area (Å²) in [5.74, 6) is 0.721. The zero-order valence-electron chi connectivity index (χ0n) is 14.0. The predicted molar refractivity (Wildman–Crippen MR) is 91.2 cm³/mol. The first kappa shape index (κ1) is 18.3. The molecule has 2 rings (SSSR count). The van der Waals surface area contributed by atoms with Crippen LogP contribution >= 0.6 is 0 Å². The summed E-state index contributed by atoms with van der Waals surface area (Å²) in [4.78, 5) is 8.74. The molecule has 130 valence electrons. The Morgan fingerprint density at radius 1 is 0.917 bits per heavy atom. The van der Waals surface area contributed by atoms with Crippen molar-refractivity contribution in [1.29, 1.82) is 0 Å². The Labute approximate surface area is 142 Å². The summed E-state index contributed by atoms with van der Waals surface area (Å²) in [6.45, 7) is -0.591. The zero-order valence-corrected chi connectivity index (χ0v) is 14.0. The summed E-state index contributed by atoms with van der Waals surface area (Å²) < 4.78 is 28.6. The maximum Gasteiger partial charge on any atom is 0.387 e. The van der Waals surface area contributed by atoms with Gasteiger partial charge in [-0.2, -0.15) is 8.78 Å². The van der Waals surface area contributed by atoms with Gasteiger partial charge in [-0.05, 0) is 42.7 Å². The summed E-state index contributed by atoms with van der Waals surface area (Å²) in [5.41, 5.74) is 1.91. The number of hydrogen-bond donors (Lipinski definition) is 0. The van der Waals surface area contributed by atoms with Gasteiger partial charge in [-0.25, -0.2) is 9.97 Å². The summed E-state index contributed by atoms with van der Waals surface area (Å²) in [6, 6.07) is 6.35. The summed E-state index contributed by atoms with van der Waals surface area (Å²) in [7, 11) is 0. The van der Waals surface area contributed by atoms with Gasteiger partial charge in [0.2, 0.25) is 0 Å². The number of nitrogens with zero attached hydrogens (tertiary/aromatic N) is 2. The van der Waals surface area contributed by atoms with E-state index in [1.54, 1.807) is 12.1 Å². The standard InChI is InChI=1S/C19H24F2N2O/c1-2-3-4-5-6-7-8-15-13-22-18(23-14-15)16-9-11-17(12-10-16)24-19(20)21/h9-14,19H,2-8H2,1H3. The average molecular weight is 334 g/mol. The lowest BCUT2D eigenvalue weighted by molar-refractivity contribution is -0.0498. The van der Waals surface area contributed by atoms with Gasteiger partial charge in [0.1, 0.15) is 5.75 Å². The quantitative estimate of drug-likeness (QED) is 0.527. The number of alkyl halides is 2.